The predicted octanol–water partition coefficient (Wildman–Crippen LogP) is 5.73. The largest absolute Gasteiger partial charge is 0.488 e. The zero-order valence-electron chi connectivity index (χ0n) is 17.0. The molecule has 1 aliphatic carbocycles. The molecule has 1 unspecified atom stereocenters. The molecule has 0 aromatic heterocycles. The third-order valence-electron chi connectivity index (χ3n) is 5.70. The average molecular weight is 362 g/mol. The number of benzene rings is 1. The van der Waals surface area contributed by atoms with E-state index in [0.717, 1.165) is 36.6 Å². The Bertz CT molecular complexity index is 580. The van der Waals surface area contributed by atoms with Crippen molar-refractivity contribution < 1.29 is 14.6 Å². The van der Waals surface area contributed by atoms with Gasteiger partial charge in [-0.3, -0.25) is 0 Å². The van der Waals surface area contributed by atoms with Gasteiger partial charge in [-0.2, -0.15) is 0 Å². The molecule has 2 N–H and O–H groups in total. The monoisotopic (exact) mass is 361 g/mol. The van der Waals surface area contributed by atoms with E-state index in [0.29, 0.717) is 11.8 Å². The number of carbonyl (C=O) groups is 1. The van der Waals surface area contributed by atoms with Crippen LogP contribution < -0.4 is 10.1 Å². The van der Waals surface area contributed by atoms with Gasteiger partial charge in [0.15, 0.2) is 0 Å². The van der Waals surface area contributed by atoms with Crippen molar-refractivity contribution in [1.29, 1.82) is 0 Å². The molecular weight excluding hydrogens is 326 g/mol. The smallest absolute Gasteiger partial charge is 0.326 e. The molecule has 0 spiro atoms. The highest BCUT2D eigenvalue weighted by atomic mass is 16.5. The summed E-state index contributed by atoms with van der Waals surface area (Å²) in [6.07, 6.45) is 6.01. The Morgan fingerprint density at radius 3 is 2.31 bits per heavy atom. The van der Waals surface area contributed by atoms with Crippen molar-refractivity contribution in [2.75, 3.05) is 5.32 Å². The van der Waals surface area contributed by atoms with E-state index in [1.54, 1.807) is 0 Å². The van der Waals surface area contributed by atoms with Gasteiger partial charge in [-0.15, -0.1) is 0 Å². The van der Waals surface area contributed by atoms with Crippen molar-refractivity contribution in [3.8, 4) is 5.75 Å². The van der Waals surface area contributed by atoms with Gasteiger partial charge in [0.2, 0.25) is 0 Å². The molecule has 1 atom stereocenters. The summed E-state index contributed by atoms with van der Waals surface area (Å²) in [6, 6.07) is 7.15. The van der Waals surface area contributed by atoms with Crippen LogP contribution in [0.25, 0.3) is 0 Å². The Hall–Kier alpha value is -1.71. The molecule has 0 saturated heterocycles. The van der Waals surface area contributed by atoms with Crippen LogP contribution in [-0.4, -0.2) is 22.7 Å². The van der Waals surface area contributed by atoms with E-state index in [4.69, 9.17) is 4.74 Å². The Morgan fingerprint density at radius 2 is 1.85 bits per heavy atom. The van der Waals surface area contributed by atoms with Crippen molar-refractivity contribution in [3.05, 3.63) is 24.3 Å². The summed E-state index contributed by atoms with van der Waals surface area (Å²) in [5.41, 5.74) is 1.08. The Kier molecular flexibility index (Phi) is 6.59. The minimum atomic E-state index is -0.810. The van der Waals surface area contributed by atoms with Crippen LogP contribution in [0.3, 0.4) is 0 Å². The lowest BCUT2D eigenvalue weighted by Gasteiger charge is -2.42. The van der Waals surface area contributed by atoms with Crippen LogP contribution in [0.2, 0.25) is 0 Å². The molecule has 0 heterocycles. The van der Waals surface area contributed by atoms with Crippen molar-refractivity contribution in [2.24, 2.45) is 11.3 Å². The lowest BCUT2D eigenvalue weighted by Crippen LogP contribution is -2.39. The first-order chi connectivity index (χ1) is 12.1. The van der Waals surface area contributed by atoms with Gasteiger partial charge in [0.05, 0.1) is 0 Å². The number of hydrogen-bond donors (Lipinski definition) is 2. The van der Waals surface area contributed by atoms with Gasteiger partial charge in [0, 0.05) is 5.69 Å². The van der Waals surface area contributed by atoms with Gasteiger partial charge in [-0.25, -0.2) is 4.79 Å². The molecule has 4 heteroatoms. The van der Waals surface area contributed by atoms with Gasteiger partial charge in [-0.05, 0) is 74.6 Å². The lowest BCUT2D eigenvalue weighted by molar-refractivity contribution is -0.138. The maximum absolute atomic E-state index is 11.3. The first-order valence-electron chi connectivity index (χ1n) is 9.91. The van der Waals surface area contributed by atoms with E-state index in [9.17, 15) is 9.90 Å². The molecule has 2 rings (SSSR count). The molecule has 1 saturated carbocycles. The summed E-state index contributed by atoms with van der Waals surface area (Å²) in [5.74, 6) is 0.808. The van der Waals surface area contributed by atoms with Crippen molar-refractivity contribution in [3.63, 3.8) is 0 Å². The summed E-state index contributed by atoms with van der Waals surface area (Å²) >= 11 is 0. The number of hydrogen-bond acceptors (Lipinski definition) is 3. The van der Waals surface area contributed by atoms with Gasteiger partial charge < -0.3 is 15.2 Å². The van der Waals surface area contributed by atoms with Crippen LogP contribution in [0.4, 0.5) is 5.69 Å². The van der Waals surface area contributed by atoms with E-state index in [2.05, 4.69) is 33.0 Å². The minimum Gasteiger partial charge on any atom is -0.488 e. The second-order valence-corrected chi connectivity index (χ2v) is 9.04. The van der Waals surface area contributed by atoms with Gasteiger partial charge >= 0.3 is 5.97 Å². The Morgan fingerprint density at radius 1 is 1.27 bits per heavy atom. The van der Waals surface area contributed by atoms with Crippen LogP contribution in [0.5, 0.6) is 5.75 Å². The fourth-order valence-electron chi connectivity index (χ4n) is 3.85. The fraction of sp³-hybridized carbons (Fsp3) is 0.682. The lowest BCUT2D eigenvalue weighted by atomic mass is 9.69. The molecule has 1 aliphatic rings. The van der Waals surface area contributed by atoms with Crippen LogP contribution in [0, 0.1) is 11.3 Å². The van der Waals surface area contributed by atoms with Crippen molar-refractivity contribution in [1.82, 2.24) is 0 Å². The first kappa shape index (κ1) is 20.6. The molecule has 26 heavy (non-hydrogen) atoms. The molecular formula is C22H35NO3. The number of anilines is 1. The molecule has 0 radical (unpaired) electrons. The number of carboxylic acids is 1. The number of rotatable bonds is 7. The maximum Gasteiger partial charge on any atom is 0.326 e. The van der Waals surface area contributed by atoms with E-state index in [1.165, 1.54) is 12.8 Å². The highest BCUT2D eigenvalue weighted by molar-refractivity contribution is 5.77. The van der Waals surface area contributed by atoms with Gasteiger partial charge in [0.25, 0.3) is 0 Å². The molecule has 146 valence electrons. The van der Waals surface area contributed by atoms with Crippen LogP contribution >= 0.6 is 0 Å². The molecule has 0 amide bonds. The molecule has 1 aromatic rings. The highest BCUT2D eigenvalue weighted by Gasteiger charge is 2.37. The first-order valence-corrected chi connectivity index (χ1v) is 9.91. The van der Waals surface area contributed by atoms with E-state index >= 15 is 0 Å². The normalized spacial score (nSPS) is 24.7. The molecule has 1 fully saturated rings. The van der Waals surface area contributed by atoms with E-state index in [1.807, 2.05) is 31.2 Å². The van der Waals surface area contributed by atoms with Crippen molar-refractivity contribution >= 4 is 11.7 Å². The Labute approximate surface area is 158 Å². The zero-order chi connectivity index (χ0) is 19.4. The number of aliphatic carboxylic acids is 1. The number of nitrogens with one attached hydrogen (secondary N) is 1. The fourth-order valence-corrected chi connectivity index (χ4v) is 3.85. The van der Waals surface area contributed by atoms with Gasteiger partial charge in [0.1, 0.15) is 17.4 Å². The third kappa shape index (κ3) is 5.65. The molecule has 0 bridgehead atoms. The van der Waals surface area contributed by atoms with E-state index in [-0.39, 0.29) is 5.60 Å². The molecule has 0 aliphatic heterocycles. The standard InChI is InChI=1S/C22H35NO3/c1-6-7-19(20(24)25)23-17-8-10-18(11-9-17)26-22(5)14-12-16(13-15-22)21(2,3)4/h8-11,16,19,23H,6-7,12-15H2,1-5H3,(H,24,25). The molecule has 1 aromatic carbocycles. The third-order valence-corrected chi connectivity index (χ3v) is 5.70. The summed E-state index contributed by atoms with van der Waals surface area (Å²) < 4.78 is 6.31. The van der Waals surface area contributed by atoms with E-state index < -0.39 is 12.0 Å². The zero-order valence-corrected chi connectivity index (χ0v) is 17.0. The van der Waals surface area contributed by atoms with Crippen LogP contribution in [-0.2, 0) is 4.79 Å². The maximum atomic E-state index is 11.3. The summed E-state index contributed by atoms with van der Waals surface area (Å²) in [6.45, 7) is 11.2. The second kappa shape index (κ2) is 8.32. The number of carboxylic acid groups (broad SMARTS) is 1. The van der Waals surface area contributed by atoms with Crippen LogP contribution in [0.15, 0.2) is 24.3 Å². The minimum absolute atomic E-state index is 0.109. The summed E-state index contributed by atoms with van der Waals surface area (Å²) in [4.78, 5) is 11.3. The van der Waals surface area contributed by atoms with Crippen molar-refractivity contribution in [2.45, 2.75) is 84.8 Å². The average Bonchev–Trinajstić information content (AvgIpc) is 2.55. The van der Waals surface area contributed by atoms with Crippen LogP contribution in [0.1, 0.15) is 73.1 Å². The molecule has 4 nitrogen and oxygen atoms in total. The predicted molar refractivity (Wildman–Crippen MR) is 107 cm³/mol. The second-order valence-electron chi connectivity index (χ2n) is 9.04. The highest BCUT2D eigenvalue weighted by Crippen LogP contribution is 2.43. The summed E-state index contributed by atoms with van der Waals surface area (Å²) in [7, 11) is 0. The summed E-state index contributed by atoms with van der Waals surface area (Å²) in [5, 5.41) is 12.3. The van der Waals surface area contributed by atoms with Gasteiger partial charge in [-0.1, -0.05) is 34.1 Å². The topological polar surface area (TPSA) is 58.6 Å². The number of ether oxygens (including phenoxy) is 1. The Balaban J connectivity index is 1.94. The SMILES string of the molecule is CCCC(Nc1ccc(OC2(C)CCC(C(C)(C)C)CC2)cc1)C(=O)O. The quantitative estimate of drug-likeness (QED) is 0.651.